The number of nitrogens with zero attached hydrogens (tertiary/aromatic N) is 3. The lowest BCUT2D eigenvalue weighted by atomic mass is 10.1. The maximum atomic E-state index is 13.3. The number of aryl methyl sites for hydroxylation is 1. The number of rotatable bonds is 2. The van der Waals surface area contributed by atoms with Crippen LogP contribution < -0.4 is 0 Å². The van der Waals surface area contributed by atoms with Crippen molar-refractivity contribution in [3.05, 3.63) is 70.9 Å². The monoisotopic (exact) mass is 265 g/mol. The van der Waals surface area contributed by atoms with Crippen LogP contribution in [0.2, 0.25) is 0 Å². The number of benzene rings is 1. The Morgan fingerprint density at radius 2 is 1.95 bits per heavy atom. The topological polar surface area (TPSA) is 41.1 Å². The van der Waals surface area contributed by atoms with E-state index in [2.05, 4.69) is 11.1 Å². The van der Waals surface area contributed by atoms with Crippen LogP contribution >= 0.6 is 0 Å². The summed E-state index contributed by atoms with van der Waals surface area (Å²) in [7, 11) is 0. The number of nitriles is 1. The van der Waals surface area contributed by atoms with E-state index in [1.54, 1.807) is 6.07 Å². The molecule has 1 aromatic carbocycles. The summed E-state index contributed by atoms with van der Waals surface area (Å²) in [5.74, 6) is -0.381. The molecule has 2 heterocycles. The van der Waals surface area contributed by atoms with Gasteiger partial charge in [0.1, 0.15) is 23.2 Å². The van der Waals surface area contributed by atoms with Crippen molar-refractivity contribution in [3.63, 3.8) is 0 Å². The van der Waals surface area contributed by atoms with E-state index in [0.29, 0.717) is 23.5 Å². The van der Waals surface area contributed by atoms with E-state index in [1.165, 1.54) is 22.2 Å². The Kier molecular flexibility index (Phi) is 2.96. The fourth-order valence-corrected chi connectivity index (χ4v) is 2.21. The second-order valence-corrected chi connectivity index (χ2v) is 4.76. The zero-order chi connectivity index (χ0) is 14.1. The van der Waals surface area contributed by atoms with Crippen LogP contribution in [0.3, 0.4) is 0 Å². The molecular weight excluding hydrogens is 253 g/mol. The third-order valence-electron chi connectivity index (χ3n) is 3.25. The Morgan fingerprint density at radius 1 is 1.20 bits per heavy atom. The highest BCUT2D eigenvalue weighted by atomic mass is 19.1. The van der Waals surface area contributed by atoms with Gasteiger partial charge < -0.3 is 0 Å². The molecule has 0 bridgehead atoms. The first-order chi connectivity index (χ1) is 9.67. The maximum absolute atomic E-state index is 13.3. The second-order valence-electron chi connectivity index (χ2n) is 4.76. The van der Waals surface area contributed by atoms with Gasteiger partial charge in [0.15, 0.2) is 0 Å². The third-order valence-corrected chi connectivity index (χ3v) is 3.25. The van der Waals surface area contributed by atoms with Crippen LogP contribution in [0.15, 0.2) is 42.6 Å². The quantitative estimate of drug-likeness (QED) is 0.713. The van der Waals surface area contributed by atoms with Gasteiger partial charge in [0.2, 0.25) is 0 Å². The van der Waals surface area contributed by atoms with Crippen LogP contribution in [-0.4, -0.2) is 9.38 Å². The summed E-state index contributed by atoms with van der Waals surface area (Å²) in [5.41, 5.74) is 3.91. The fraction of sp³-hybridized carbons (Fsp3) is 0.125. The lowest BCUT2D eigenvalue weighted by Gasteiger charge is -2.00. The molecule has 0 saturated carbocycles. The number of fused-ring (bicyclic) bond motifs is 1. The van der Waals surface area contributed by atoms with Gasteiger partial charge in [-0.15, -0.1) is 0 Å². The predicted octanol–water partition coefficient (Wildman–Crippen LogP) is 3.24. The molecule has 4 heteroatoms. The highest BCUT2D eigenvalue weighted by Gasteiger charge is 2.12. The number of hydrogen-bond donors (Lipinski definition) is 0. The van der Waals surface area contributed by atoms with Gasteiger partial charge in [0.25, 0.3) is 0 Å². The van der Waals surface area contributed by atoms with Crippen molar-refractivity contribution < 1.29 is 4.39 Å². The van der Waals surface area contributed by atoms with E-state index in [0.717, 1.165) is 5.56 Å². The van der Waals surface area contributed by atoms with Gasteiger partial charge in [0, 0.05) is 12.6 Å². The molecule has 0 aliphatic rings. The first-order valence-electron chi connectivity index (χ1n) is 6.29. The summed E-state index contributed by atoms with van der Waals surface area (Å²) < 4.78 is 14.8. The minimum absolute atomic E-state index is 0.381. The van der Waals surface area contributed by atoms with Crippen molar-refractivity contribution in [3.8, 4) is 6.07 Å². The van der Waals surface area contributed by atoms with Crippen LogP contribution in [-0.2, 0) is 6.42 Å². The largest absolute Gasteiger partial charge is 0.288 e. The molecule has 0 fully saturated rings. The Morgan fingerprint density at radius 3 is 2.65 bits per heavy atom. The summed E-state index contributed by atoms with van der Waals surface area (Å²) in [6, 6.07) is 13.1. The maximum Gasteiger partial charge on any atom is 0.148 e. The van der Waals surface area contributed by atoms with Crippen LogP contribution in [0, 0.1) is 24.1 Å². The molecule has 0 unspecified atom stereocenters. The molecule has 0 aliphatic heterocycles. The Balaban J connectivity index is 2.07. The summed E-state index contributed by atoms with van der Waals surface area (Å²) in [6.45, 7) is 2.03. The van der Waals surface area contributed by atoms with E-state index in [-0.39, 0.29) is 5.82 Å². The standard InChI is InChI=1S/C16H12FN3/c1-11-2-4-12(5-3-11)8-14-15(9-18)20-10-13(17)6-7-16(20)19-14/h2-7,10H,8H2,1H3. The lowest BCUT2D eigenvalue weighted by molar-refractivity contribution is 0.619. The van der Waals surface area contributed by atoms with E-state index in [9.17, 15) is 9.65 Å². The molecule has 0 aliphatic carbocycles. The molecule has 3 nitrogen and oxygen atoms in total. The van der Waals surface area contributed by atoms with Gasteiger partial charge >= 0.3 is 0 Å². The molecule has 0 N–H and O–H groups in total. The average Bonchev–Trinajstić information content (AvgIpc) is 2.78. The summed E-state index contributed by atoms with van der Waals surface area (Å²) in [4.78, 5) is 4.42. The van der Waals surface area contributed by atoms with Crippen LogP contribution in [0.5, 0.6) is 0 Å². The van der Waals surface area contributed by atoms with Gasteiger partial charge in [-0.05, 0) is 24.6 Å². The Labute approximate surface area is 115 Å². The lowest BCUT2D eigenvalue weighted by Crippen LogP contribution is -1.94. The van der Waals surface area contributed by atoms with Crippen LogP contribution in [0.4, 0.5) is 4.39 Å². The van der Waals surface area contributed by atoms with Crippen molar-refractivity contribution in [2.75, 3.05) is 0 Å². The number of hydrogen-bond acceptors (Lipinski definition) is 2. The SMILES string of the molecule is Cc1ccc(Cc2nc3ccc(F)cn3c2C#N)cc1. The molecule has 0 atom stereocenters. The van der Waals surface area contributed by atoms with E-state index in [4.69, 9.17) is 0 Å². The predicted molar refractivity (Wildman–Crippen MR) is 73.9 cm³/mol. The highest BCUT2D eigenvalue weighted by Crippen LogP contribution is 2.17. The van der Waals surface area contributed by atoms with Gasteiger partial charge in [-0.1, -0.05) is 29.8 Å². The smallest absolute Gasteiger partial charge is 0.148 e. The summed E-state index contributed by atoms with van der Waals surface area (Å²) in [6.07, 6.45) is 1.85. The van der Waals surface area contributed by atoms with Crippen LogP contribution in [0.25, 0.3) is 5.65 Å². The third kappa shape index (κ3) is 2.14. The molecule has 0 spiro atoms. The second kappa shape index (κ2) is 4.78. The van der Waals surface area contributed by atoms with Crippen LogP contribution in [0.1, 0.15) is 22.5 Å². The van der Waals surface area contributed by atoms with Crippen molar-refractivity contribution in [1.82, 2.24) is 9.38 Å². The van der Waals surface area contributed by atoms with E-state index < -0.39 is 0 Å². The van der Waals surface area contributed by atoms with Gasteiger partial charge in [0.05, 0.1) is 5.69 Å². The van der Waals surface area contributed by atoms with E-state index in [1.807, 2.05) is 31.2 Å². The van der Waals surface area contributed by atoms with Gasteiger partial charge in [-0.2, -0.15) is 5.26 Å². The highest BCUT2D eigenvalue weighted by molar-refractivity contribution is 5.48. The number of pyridine rings is 1. The molecule has 98 valence electrons. The molecule has 0 radical (unpaired) electrons. The first-order valence-corrected chi connectivity index (χ1v) is 6.29. The molecular formula is C16H12FN3. The Bertz CT molecular complexity index is 810. The minimum Gasteiger partial charge on any atom is -0.288 e. The molecule has 2 aromatic heterocycles. The number of aromatic nitrogens is 2. The molecule has 0 amide bonds. The average molecular weight is 265 g/mol. The van der Waals surface area contributed by atoms with Crippen molar-refractivity contribution in [2.24, 2.45) is 0 Å². The molecule has 0 saturated heterocycles. The normalized spacial score (nSPS) is 10.7. The Hall–Kier alpha value is -2.67. The number of halogens is 1. The molecule has 3 rings (SSSR count). The summed E-state index contributed by atoms with van der Waals surface area (Å²) >= 11 is 0. The summed E-state index contributed by atoms with van der Waals surface area (Å²) in [5, 5.41) is 9.29. The zero-order valence-corrected chi connectivity index (χ0v) is 11.0. The molecule has 20 heavy (non-hydrogen) atoms. The van der Waals surface area contributed by atoms with Gasteiger partial charge in [-0.3, -0.25) is 4.40 Å². The van der Waals surface area contributed by atoms with Gasteiger partial charge in [-0.25, -0.2) is 9.37 Å². The van der Waals surface area contributed by atoms with Crippen molar-refractivity contribution in [1.29, 1.82) is 5.26 Å². The first kappa shape index (κ1) is 12.4. The minimum atomic E-state index is -0.381. The van der Waals surface area contributed by atoms with E-state index >= 15 is 0 Å². The van der Waals surface area contributed by atoms with Crippen molar-refractivity contribution >= 4 is 5.65 Å². The number of imidazole rings is 1. The molecule has 3 aromatic rings. The fourth-order valence-electron chi connectivity index (χ4n) is 2.21. The zero-order valence-electron chi connectivity index (χ0n) is 11.0. The van der Waals surface area contributed by atoms with Crippen molar-refractivity contribution in [2.45, 2.75) is 13.3 Å².